The van der Waals surface area contributed by atoms with E-state index in [1.54, 1.807) is 37.4 Å². The lowest BCUT2D eigenvalue weighted by atomic mass is 10.3. The lowest BCUT2D eigenvalue weighted by Gasteiger charge is -2.06. The van der Waals surface area contributed by atoms with Gasteiger partial charge in [-0.25, -0.2) is 14.6 Å². The number of aromatic nitrogens is 6. The van der Waals surface area contributed by atoms with Gasteiger partial charge < -0.3 is 10.5 Å². The Bertz CT molecular complexity index is 740. The van der Waals surface area contributed by atoms with E-state index < -0.39 is 0 Å². The normalized spacial score (nSPS) is 10.4. The largest absolute Gasteiger partial charge is 0.439 e. The third-order valence-electron chi connectivity index (χ3n) is 2.57. The number of anilines is 1. The number of nitrogen functional groups attached to an aromatic ring is 1. The Balaban J connectivity index is 1.90. The molecule has 0 unspecified atom stereocenters. The van der Waals surface area contributed by atoms with Gasteiger partial charge in [-0.3, -0.25) is 0 Å². The number of benzene rings is 1. The second kappa shape index (κ2) is 4.92. The SMILES string of the molecule is Cn1nnnc1-c1cc(Oc2cccc(N)c2)ncn1. The fourth-order valence-corrected chi connectivity index (χ4v) is 1.66. The standard InChI is InChI=1S/C12H11N7O/c1-19-12(16-17-18-19)10-6-11(15-7-14-10)20-9-4-2-3-8(13)5-9/h2-7H,13H2,1H3. The van der Waals surface area contributed by atoms with Crippen LogP contribution >= 0.6 is 0 Å². The molecule has 3 aromatic rings. The molecule has 0 atom stereocenters. The van der Waals surface area contributed by atoms with Gasteiger partial charge in [-0.1, -0.05) is 6.07 Å². The molecule has 20 heavy (non-hydrogen) atoms. The Labute approximate surface area is 114 Å². The van der Waals surface area contributed by atoms with Crippen molar-refractivity contribution in [2.24, 2.45) is 7.05 Å². The van der Waals surface area contributed by atoms with Gasteiger partial charge in [-0.2, -0.15) is 0 Å². The van der Waals surface area contributed by atoms with Crippen LogP contribution in [0.4, 0.5) is 5.69 Å². The minimum Gasteiger partial charge on any atom is -0.439 e. The molecule has 0 aliphatic carbocycles. The summed E-state index contributed by atoms with van der Waals surface area (Å²) in [4.78, 5) is 8.17. The van der Waals surface area contributed by atoms with E-state index in [2.05, 4.69) is 25.5 Å². The maximum absolute atomic E-state index is 5.70. The van der Waals surface area contributed by atoms with Crippen LogP contribution in [0.2, 0.25) is 0 Å². The van der Waals surface area contributed by atoms with Crippen LogP contribution in [0.1, 0.15) is 0 Å². The summed E-state index contributed by atoms with van der Waals surface area (Å²) in [5.74, 6) is 1.53. The predicted octanol–water partition coefficient (Wildman–Crippen LogP) is 1.04. The Kier molecular flexibility index (Phi) is 2.96. The van der Waals surface area contributed by atoms with E-state index >= 15 is 0 Å². The fourth-order valence-electron chi connectivity index (χ4n) is 1.66. The summed E-state index contributed by atoms with van der Waals surface area (Å²) in [5, 5.41) is 11.2. The lowest BCUT2D eigenvalue weighted by molar-refractivity contribution is 0.462. The number of hydrogen-bond acceptors (Lipinski definition) is 7. The number of nitrogens with zero attached hydrogens (tertiary/aromatic N) is 6. The van der Waals surface area contributed by atoms with Crippen LogP contribution in [0, 0.1) is 0 Å². The zero-order chi connectivity index (χ0) is 13.9. The van der Waals surface area contributed by atoms with Crippen LogP contribution < -0.4 is 10.5 Å². The first-order chi connectivity index (χ1) is 9.72. The fraction of sp³-hybridized carbons (Fsp3) is 0.0833. The third-order valence-corrected chi connectivity index (χ3v) is 2.57. The number of ether oxygens (including phenoxy) is 1. The highest BCUT2D eigenvalue weighted by Crippen LogP contribution is 2.23. The first kappa shape index (κ1) is 12.0. The highest BCUT2D eigenvalue weighted by atomic mass is 16.5. The van der Waals surface area contributed by atoms with Gasteiger partial charge in [0.25, 0.3) is 0 Å². The average molecular weight is 269 g/mol. The van der Waals surface area contributed by atoms with E-state index in [0.29, 0.717) is 28.8 Å². The van der Waals surface area contributed by atoms with Crippen molar-refractivity contribution >= 4 is 5.69 Å². The van der Waals surface area contributed by atoms with Crippen molar-refractivity contribution in [1.82, 2.24) is 30.2 Å². The Morgan fingerprint density at radius 1 is 1.20 bits per heavy atom. The van der Waals surface area contributed by atoms with Gasteiger partial charge in [0, 0.05) is 24.9 Å². The van der Waals surface area contributed by atoms with Crippen molar-refractivity contribution in [1.29, 1.82) is 0 Å². The molecule has 0 radical (unpaired) electrons. The van der Waals surface area contributed by atoms with Crippen molar-refractivity contribution in [3.8, 4) is 23.1 Å². The molecule has 8 nitrogen and oxygen atoms in total. The van der Waals surface area contributed by atoms with E-state index in [-0.39, 0.29) is 0 Å². The Morgan fingerprint density at radius 3 is 2.85 bits per heavy atom. The van der Waals surface area contributed by atoms with Crippen LogP contribution in [-0.2, 0) is 7.05 Å². The van der Waals surface area contributed by atoms with Crippen molar-refractivity contribution in [3.05, 3.63) is 36.7 Å². The van der Waals surface area contributed by atoms with E-state index in [1.165, 1.54) is 11.0 Å². The summed E-state index contributed by atoms with van der Waals surface area (Å²) in [5.41, 5.74) is 6.89. The summed E-state index contributed by atoms with van der Waals surface area (Å²) in [6, 6.07) is 8.76. The molecule has 1 aromatic carbocycles. The number of hydrogen-bond donors (Lipinski definition) is 1. The van der Waals surface area contributed by atoms with Crippen molar-refractivity contribution < 1.29 is 4.74 Å². The molecule has 0 saturated heterocycles. The molecule has 0 aliphatic heterocycles. The van der Waals surface area contributed by atoms with Gasteiger partial charge in [0.2, 0.25) is 11.7 Å². The third kappa shape index (κ3) is 2.39. The Hall–Kier alpha value is -3.03. The van der Waals surface area contributed by atoms with Crippen molar-refractivity contribution in [3.63, 3.8) is 0 Å². The first-order valence-corrected chi connectivity index (χ1v) is 5.80. The quantitative estimate of drug-likeness (QED) is 0.708. The smallest absolute Gasteiger partial charge is 0.222 e. The van der Waals surface area contributed by atoms with Gasteiger partial charge in [-0.05, 0) is 22.6 Å². The molecule has 2 heterocycles. The molecule has 2 aromatic heterocycles. The molecule has 100 valence electrons. The summed E-state index contributed by atoms with van der Waals surface area (Å²) < 4.78 is 7.15. The van der Waals surface area contributed by atoms with E-state index in [0.717, 1.165) is 0 Å². The second-order valence-corrected chi connectivity index (χ2v) is 4.04. The molecule has 2 N–H and O–H groups in total. The Morgan fingerprint density at radius 2 is 2.10 bits per heavy atom. The van der Waals surface area contributed by atoms with Crippen molar-refractivity contribution in [2.45, 2.75) is 0 Å². The molecule has 0 saturated carbocycles. The molecule has 0 amide bonds. The van der Waals surface area contributed by atoms with Gasteiger partial charge in [0.15, 0.2) is 0 Å². The topological polar surface area (TPSA) is 105 Å². The van der Waals surface area contributed by atoms with Crippen LogP contribution in [0.5, 0.6) is 11.6 Å². The van der Waals surface area contributed by atoms with Crippen LogP contribution in [0.15, 0.2) is 36.7 Å². The average Bonchev–Trinajstić information content (AvgIpc) is 2.85. The first-order valence-electron chi connectivity index (χ1n) is 5.80. The zero-order valence-electron chi connectivity index (χ0n) is 10.6. The molecule has 0 aliphatic rings. The van der Waals surface area contributed by atoms with Gasteiger partial charge in [-0.15, -0.1) is 5.10 Å². The molecule has 8 heteroatoms. The molecular weight excluding hydrogens is 258 g/mol. The van der Waals surface area contributed by atoms with Gasteiger partial charge >= 0.3 is 0 Å². The molecule has 3 rings (SSSR count). The molecule has 0 spiro atoms. The monoisotopic (exact) mass is 269 g/mol. The van der Waals surface area contributed by atoms with Crippen LogP contribution in [0.25, 0.3) is 11.5 Å². The minimum absolute atomic E-state index is 0.392. The maximum atomic E-state index is 5.70. The maximum Gasteiger partial charge on any atom is 0.222 e. The van der Waals surface area contributed by atoms with Gasteiger partial charge in [0.1, 0.15) is 17.8 Å². The van der Waals surface area contributed by atoms with Crippen molar-refractivity contribution in [2.75, 3.05) is 5.73 Å². The highest BCUT2D eigenvalue weighted by molar-refractivity contribution is 5.50. The molecule has 0 bridgehead atoms. The number of aryl methyl sites for hydroxylation is 1. The number of tetrazole rings is 1. The highest BCUT2D eigenvalue weighted by Gasteiger charge is 2.09. The zero-order valence-corrected chi connectivity index (χ0v) is 10.6. The van der Waals surface area contributed by atoms with E-state index in [9.17, 15) is 0 Å². The summed E-state index contributed by atoms with van der Waals surface area (Å²) in [6.45, 7) is 0. The molecular formula is C12H11N7O. The number of rotatable bonds is 3. The second-order valence-electron chi connectivity index (χ2n) is 4.04. The summed E-state index contributed by atoms with van der Waals surface area (Å²) in [6.07, 6.45) is 1.39. The van der Waals surface area contributed by atoms with E-state index in [4.69, 9.17) is 10.5 Å². The van der Waals surface area contributed by atoms with Crippen LogP contribution in [-0.4, -0.2) is 30.2 Å². The number of nitrogens with two attached hydrogens (primary N) is 1. The minimum atomic E-state index is 0.392. The van der Waals surface area contributed by atoms with Gasteiger partial charge in [0.05, 0.1) is 0 Å². The summed E-state index contributed by atoms with van der Waals surface area (Å²) in [7, 11) is 1.73. The molecule has 0 fully saturated rings. The van der Waals surface area contributed by atoms with Crippen LogP contribution in [0.3, 0.4) is 0 Å². The predicted molar refractivity (Wildman–Crippen MR) is 70.8 cm³/mol. The lowest BCUT2D eigenvalue weighted by Crippen LogP contribution is -1.98. The summed E-state index contributed by atoms with van der Waals surface area (Å²) >= 11 is 0. The van der Waals surface area contributed by atoms with E-state index in [1.807, 2.05) is 0 Å².